The van der Waals surface area contributed by atoms with Crippen LogP contribution in [-0.4, -0.2) is 11.0 Å². The first-order valence-corrected chi connectivity index (χ1v) is 5.26. The van der Waals surface area contributed by atoms with Crippen molar-refractivity contribution < 1.29 is 9.59 Å². The van der Waals surface area contributed by atoms with Gasteiger partial charge in [0.2, 0.25) is 0 Å². The molecule has 0 saturated carbocycles. The summed E-state index contributed by atoms with van der Waals surface area (Å²) in [6.45, 7) is 1.77. The molecule has 0 aliphatic carbocycles. The molecule has 0 heterocycles. The van der Waals surface area contributed by atoms with Gasteiger partial charge in [0.05, 0.1) is 0 Å². The van der Waals surface area contributed by atoms with Crippen molar-refractivity contribution in [2.45, 2.75) is 13.3 Å². The minimum atomic E-state index is -0.553. The molecule has 0 spiro atoms. The maximum Gasteiger partial charge on any atom is 0.252 e. The summed E-state index contributed by atoms with van der Waals surface area (Å²) in [6, 6.07) is 4.73. The molecule has 0 amide bonds. The first-order chi connectivity index (χ1) is 6.56. The maximum atomic E-state index is 11.4. The number of hydrogen-bond donors (Lipinski definition) is 0. The van der Waals surface area contributed by atoms with Crippen LogP contribution in [0.5, 0.6) is 0 Å². The van der Waals surface area contributed by atoms with E-state index in [0.29, 0.717) is 22.0 Å². The molecule has 1 aromatic rings. The van der Waals surface area contributed by atoms with E-state index < -0.39 is 5.24 Å². The van der Waals surface area contributed by atoms with Gasteiger partial charge in [-0.05, 0) is 29.8 Å². The van der Waals surface area contributed by atoms with Gasteiger partial charge in [0, 0.05) is 22.0 Å². The first kappa shape index (κ1) is 11.4. The van der Waals surface area contributed by atoms with E-state index in [9.17, 15) is 9.59 Å². The Bertz CT molecular complexity index is 388. The summed E-state index contributed by atoms with van der Waals surface area (Å²) >= 11 is 8.56. The number of carbonyl (C=O) groups excluding carboxylic acids is 2. The lowest BCUT2D eigenvalue weighted by molar-refractivity contribution is 0.0987. The molecule has 0 radical (unpaired) electrons. The quantitative estimate of drug-likeness (QED) is 0.626. The molecule has 0 atom stereocenters. The predicted octanol–water partition coefficient (Wildman–Crippen LogP) is 3.42. The summed E-state index contributed by atoms with van der Waals surface area (Å²) in [7, 11) is 0. The van der Waals surface area contributed by atoms with E-state index >= 15 is 0 Å². The summed E-state index contributed by atoms with van der Waals surface area (Å²) in [5, 5.41) is -0.553. The third-order valence-electron chi connectivity index (χ3n) is 1.81. The molecule has 0 saturated heterocycles. The molecule has 1 aromatic carbocycles. The van der Waals surface area contributed by atoms with Gasteiger partial charge in [0.15, 0.2) is 5.78 Å². The zero-order valence-corrected chi connectivity index (χ0v) is 9.85. The smallest absolute Gasteiger partial charge is 0.252 e. The molecule has 0 aliphatic rings. The lowest BCUT2D eigenvalue weighted by Gasteiger charge is -2.02. The summed E-state index contributed by atoms with van der Waals surface area (Å²) in [6.07, 6.45) is 0.401. The third kappa shape index (κ3) is 2.42. The van der Waals surface area contributed by atoms with Gasteiger partial charge in [0.1, 0.15) is 0 Å². The number of Topliss-reactive ketones (excluding diaryl/α,β-unsaturated/α-hetero) is 1. The van der Waals surface area contributed by atoms with Crippen LogP contribution in [0.15, 0.2) is 22.7 Å². The lowest BCUT2D eigenvalue weighted by atomic mass is 10.1. The van der Waals surface area contributed by atoms with Crippen molar-refractivity contribution in [3.8, 4) is 0 Å². The van der Waals surface area contributed by atoms with Gasteiger partial charge in [0.25, 0.3) is 5.24 Å². The number of rotatable bonds is 3. The van der Waals surface area contributed by atoms with Crippen LogP contribution in [0.25, 0.3) is 0 Å². The molecular weight excluding hydrogens is 267 g/mol. The van der Waals surface area contributed by atoms with Crippen molar-refractivity contribution in [3.05, 3.63) is 33.8 Å². The van der Waals surface area contributed by atoms with Crippen LogP contribution in [-0.2, 0) is 0 Å². The Morgan fingerprint density at radius 2 is 2.07 bits per heavy atom. The fourth-order valence-corrected chi connectivity index (χ4v) is 1.64. The van der Waals surface area contributed by atoms with E-state index in [1.807, 2.05) is 0 Å². The van der Waals surface area contributed by atoms with Crippen molar-refractivity contribution in [2.75, 3.05) is 0 Å². The van der Waals surface area contributed by atoms with Crippen molar-refractivity contribution in [1.82, 2.24) is 0 Å². The molecule has 4 heteroatoms. The number of carbonyl (C=O) groups is 2. The van der Waals surface area contributed by atoms with E-state index in [1.54, 1.807) is 19.1 Å². The number of halogens is 2. The minimum Gasteiger partial charge on any atom is -0.294 e. The van der Waals surface area contributed by atoms with Crippen LogP contribution in [0, 0.1) is 0 Å². The maximum absolute atomic E-state index is 11.4. The van der Waals surface area contributed by atoms with Crippen molar-refractivity contribution in [3.63, 3.8) is 0 Å². The molecule has 74 valence electrons. The Balaban J connectivity index is 3.21. The zero-order valence-electron chi connectivity index (χ0n) is 7.51. The second-order valence-electron chi connectivity index (χ2n) is 2.75. The van der Waals surface area contributed by atoms with Crippen LogP contribution in [0.4, 0.5) is 0 Å². The van der Waals surface area contributed by atoms with Gasteiger partial charge in [-0.2, -0.15) is 0 Å². The molecule has 0 aliphatic heterocycles. The van der Waals surface area contributed by atoms with Gasteiger partial charge in [-0.1, -0.05) is 22.9 Å². The molecule has 0 aromatic heterocycles. The molecule has 14 heavy (non-hydrogen) atoms. The Kier molecular flexibility index (Phi) is 3.84. The number of hydrogen-bond acceptors (Lipinski definition) is 2. The second-order valence-corrected chi connectivity index (χ2v) is 3.94. The van der Waals surface area contributed by atoms with E-state index in [2.05, 4.69) is 15.9 Å². The highest BCUT2D eigenvalue weighted by Crippen LogP contribution is 2.20. The van der Waals surface area contributed by atoms with Gasteiger partial charge in [-0.3, -0.25) is 9.59 Å². The molecule has 0 unspecified atom stereocenters. The zero-order chi connectivity index (χ0) is 10.7. The third-order valence-corrected chi connectivity index (χ3v) is 2.72. The summed E-state index contributed by atoms with van der Waals surface area (Å²) in [5.41, 5.74) is 0.839. The van der Waals surface area contributed by atoms with Crippen molar-refractivity contribution in [2.24, 2.45) is 0 Å². The van der Waals surface area contributed by atoms with Crippen LogP contribution < -0.4 is 0 Å². The van der Waals surface area contributed by atoms with Gasteiger partial charge >= 0.3 is 0 Å². The van der Waals surface area contributed by atoms with Crippen molar-refractivity contribution >= 4 is 38.6 Å². The molecule has 0 bridgehead atoms. The monoisotopic (exact) mass is 274 g/mol. The Hall–Kier alpha value is -0.670. The van der Waals surface area contributed by atoms with Crippen LogP contribution >= 0.6 is 27.5 Å². The summed E-state index contributed by atoms with van der Waals surface area (Å²) < 4.78 is 0.686. The van der Waals surface area contributed by atoms with Crippen LogP contribution in [0.3, 0.4) is 0 Å². The van der Waals surface area contributed by atoms with Crippen molar-refractivity contribution in [1.29, 1.82) is 0 Å². The normalized spacial score (nSPS) is 9.93. The second kappa shape index (κ2) is 4.71. The number of benzene rings is 1. The molecule has 0 N–H and O–H groups in total. The fourth-order valence-electron chi connectivity index (χ4n) is 1.05. The van der Waals surface area contributed by atoms with E-state index in [4.69, 9.17) is 11.6 Å². The summed E-state index contributed by atoms with van der Waals surface area (Å²) in [5.74, 6) is -0.0170. The van der Waals surface area contributed by atoms with Gasteiger partial charge in [-0.15, -0.1) is 0 Å². The minimum absolute atomic E-state index is 0.0170. The average molecular weight is 276 g/mol. The highest BCUT2D eigenvalue weighted by molar-refractivity contribution is 9.10. The van der Waals surface area contributed by atoms with Gasteiger partial charge < -0.3 is 0 Å². The lowest BCUT2D eigenvalue weighted by Crippen LogP contribution is -2.00. The highest BCUT2D eigenvalue weighted by Gasteiger charge is 2.11. The number of ketones is 1. The SMILES string of the molecule is CCC(=O)c1cc(C(=O)Cl)ccc1Br. The Labute approximate surface area is 95.4 Å². The predicted molar refractivity (Wildman–Crippen MR) is 58.9 cm³/mol. The molecular formula is C10H8BrClO2. The fraction of sp³-hybridized carbons (Fsp3) is 0.200. The topological polar surface area (TPSA) is 34.1 Å². The first-order valence-electron chi connectivity index (χ1n) is 4.08. The van der Waals surface area contributed by atoms with Crippen LogP contribution in [0.1, 0.15) is 34.1 Å². The van der Waals surface area contributed by atoms with E-state index in [0.717, 1.165) is 0 Å². The van der Waals surface area contributed by atoms with Gasteiger partial charge in [-0.25, -0.2) is 0 Å². The highest BCUT2D eigenvalue weighted by atomic mass is 79.9. The standard InChI is InChI=1S/C10H8BrClO2/c1-2-9(13)7-5-6(10(12)14)3-4-8(7)11/h3-5H,2H2,1H3. The Morgan fingerprint density at radius 3 is 2.57 bits per heavy atom. The van der Waals surface area contributed by atoms with E-state index in [1.165, 1.54) is 6.07 Å². The molecule has 2 nitrogen and oxygen atoms in total. The molecule has 1 rings (SSSR count). The van der Waals surface area contributed by atoms with Crippen LogP contribution in [0.2, 0.25) is 0 Å². The Morgan fingerprint density at radius 1 is 1.43 bits per heavy atom. The summed E-state index contributed by atoms with van der Waals surface area (Å²) in [4.78, 5) is 22.3. The van der Waals surface area contributed by atoms with E-state index in [-0.39, 0.29) is 5.78 Å². The largest absolute Gasteiger partial charge is 0.294 e. The molecule has 0 fully saturated rings. The average Bonchev–Trinajstić information content (AvgIpc) is 2.17.